The standard InChI is InChI=1S/C22H28N2O7S/c1-4-20(31-17-7-5-6-16(14-17)28-2)22(25)23-19-15-18(8-9-21(19)29-3)32(26,27)24-10-12-30-13-11-24/h5-9,14-15,20H,4,10-13H2,1-3H3,(H,23,25). The second-order valence-electron chi connectivity index (χ2n) is 7.06. The van der Waals surface area contributed by atoms with Gasteiger partial charge in [-0.1, -0.05) is 13.0 Å². The molecule has 0 saturated carbocycles. The Morgan fingerprint density at radius 3 is 2.47 bits per heavy atom. The number of ether oxygens (including phenoxy) is 4. The van der Waals surface area contributed by atoms with Crippen LogP contribution in [0.2, 0.25) is 0 Å². The molecular weight excluding hydrogens is 436 g/mol. The predicted molar refractivity (Wildman–Crippen MR) is 119 cm³/mol. The maximum absolute atomic E-state index is 13.0. The lowest BCUT2D eigenvalue weighted by Gasteiger charge is -2.26. The van der Waals surface area contributed by atoms with Gasteiger partial charge in [0.15, 0.2) is 6.10 Å². The fourth-order valence-corrected chi connectivity index (χ4v) is 4.69. The van der Waals surface area contributed by atoms with E-state index in [4.69, 9.17) is 18.9 Å². The number of hydrogen-bond donors (Lipinski definition) is 1. The Morgan fingerprint density at radius 1 is 1.09 bits per heavy atom. The summed E-state index contributed by atoms with van der Waals surface area (Å²) >= 11 is 0. The number of nitrogens with one attached hydrogen (secondary N) is 1. The number of amides is 1. The van der Waals surface area contributed by atoms with Gasteiger partial charge in [0.1, 0.15) is 17.2 Å². The van der Waals surface area contributed by atoms with E-state index in [0.717, 1.165) is 0 Å². The number of carbonyl (C=O) groups excluding carboxylic acids is 1. The van der Waals surface area contributed by atoms with Crippen molar-refractivity contribution in [2.24, 2.45) is 0 Å². The highest BCUT2D eigenvalue weighted by molar-refractivity contribution is 7.89. The van der Waals surface area contributed by atoms with E-state index in [1.807, 2.05) is 6.92 Å². The van der Waals surface area contributed by atoms with Gasteiger partial charge >= 0.3 is 0 Å². The molecule has 1 aliphatic heterocycles. The van der Waals surface area contributed by atoms with E-state index in [1.165, 1.54) is 29.6 Å². The van der Waals surface area contributed by atoms with Gasteiger partial charge in [-0.05, 0) is 36.8 Å². The first-order valence-electron chi connectivity index (χ1n) is 10.3. The van der Waals surface area contributed by atoms with Crippen LogP contribution >= 0.6 is 0 Å². The van der Waals surface area contributed by atoms with E-state index in [1.54, 1.807) is 31.4 Å². The summed E-state index contributed by atoms with van der Waals surface area (Å²) in [7, 11) is -0.727. The number of anilines is 1. The van der Waals surface area contributed by atoms with Crippen molar-refractivity contribution in [2.75, 3.05) is 45.8 Å². The van der Waals surface area contributed by atoms with Crippen molar-refractivity contribution in [3.8, 4) is 17.2 Å². The van der Waals surface area contributed by atoms with Gasteiger partial charge in [-0.25, -0.2) is 8.42 Å². The molecule has 0 aliphatic carbocycles. The van der Waals surface area contributed by atoms with Gasteiger partial charge in [-0.15, -0.1) is 0 Å². The van der Waals surface area contributed by atoms with Crippen LogP contribution in [0.5, 0.6) is 17.2 Å². The molecule has 0 radical (unpaired) electrons. The second kappa shape index (κ2) is 10.7. The van der Waals surface area contributed by atoms with Crippen LogP contribution in [0, 0.1) is 0 Å². The van der Waals surface area contributed by atoms with E-state index in [-0.39, 0.29) is 23.7 Å². The average Bonchev–Trinajstić information content (AvgIpc) is 2.83. The monoisotopic (exact) mass is 464 g/mol. The van der Waals surface area contributed by atoms with Crippen LogP contribution in [0.3, 0.4) is 0 Å². The van der Waals surface area contributed by atoms with Gasteiger partial charge in [-0.3, -0.25) is 4.79 Å². The number of carbonyl (C=O) groups is 1. The normalized spacial score (nSPS) is 15.6. The van der Waals surface area contributed by atoms with E-state index in [2.05, 4.69) is 5.32 Å². The molecule has 1 saturated heterocycles. The zero-order valence-electron chi connectivity index (χ0n) is 18.4. The van der Waals surface area contributed by atoms with E-state index >= 15 is 0 Å². The molecule has 1 heterocycles. The van der Waals surface area contributed by atoms with Crippen LogP contribution in [0.1, 0.15) is 13.3 Å². The van der Waals surface area contributed by atoms with Gasteiger partial charge in [0.2, 0.25) is 10.0 Å². The topological polar surface area (TPSA) is 103 Å². The van der Waals surface area contributed by atoms with Crippen LogP contribution < -0.4 is 19.5 Å². The molecule has 0 spiro atoms. The van der Waals surface area contributed by atoms with Crippen LogP contribution in [0.4, 0.5) is 5.69 Å². The summed E-state index contributed by atoms with van der Waals surface area (Å²) in [6, 6.07) is 11.3. The number of nitrogens with zero attached hydrogens (tertiary/aromatic N) is 1. The number of morpholine rings is 1. The van der Waals surface area contributed by atoms with Crippen LogP contribution in [-0.4, -0.2) is 65.3 Å². The summed E-state index contributed by atoms with van der Waals surface area (Å²) in [4.78, 5) is 13.0. The lowest BCUT2D eigenvalue weighted by atomic mass is 10.2. The predicted octanol–water partition coefficient (Wildman–Crippen LogP) is 2.52. The molecule has 32 heavy (non-hydrogen) atoms. The van der Waals surface area contributed by atoms with Crippen molar-refractivity contribution in [1.82, 2.24) is 4.31 Å². The summed E-state index contributed by atoms with van der Waals surface area (Å²) in [5.74, 6) is 1.02. The van der Waals surface area contributed by atoms with Gasteiger partial charge < -0.3 is 24.3 Å². The Labute approximate surface area is 188 Å². The van der Waals surface area contributed by atoms with Gasteiger partial charge in [0, 0.05) is 19.2 Å². The first-order chi connectivity index (χ1) is 15.4. The van der Waals surface area contributed by atoms with Gasteiger partial charge in [0.05, 0.1) is 38.0 Å². The molecule has 174 valence electrons. The first-order valence-corrected chi connectivity index (χ1v) is 11.7. The molecule has 1 unspecified atom stereocenters. The van der Waals surface area contributed by atoms with Crippen LogP contribution in [-0.2, 0) is 19.6 Å². The zero-order valence-corrected chi connectivity index (χ0v) is 19.2. The largest absolute Gasteiger partial charge is 0.497 e. The number of sulfonamides is 1. The summed E-state index contributed by atoms with van der Waals surface area (Å²) in [5, 5.41) is 2.75. The first kappa shape index (κ1) is 23.8. The molecule has 2 aromatic rings. The molecule has 9 nitrogen and oxygen atoms in total. The SMILES string of the molecule is CCC(Oc1cccc(OC)c1)C(=O)Nc1cc(S(=O)(=O)N2CCOCC2)ccc1OC. The van der Waals surface area contributed by atoms with Crippen molar-refractivity contribution in [2.45, 2.75) is 24.3 Å². The number of rotatable bonds is 9. The molecule has 3 rings (SSSR count). The van der Waals surface area contributed by atoms with Crippen LogP contribution in [0.25, 0.3) is 0 Å². The van der Waals surface area contributed by atoms with Crippen molar-refractivity contribution in [3.63, 3.8) is 0 Å². The average molecular weight is 465 g/mol. The smallest absolute Gasteiger partial charge is 0.265 e. The summed E-state index contributed by atoms with van der Waals surface area (Å²) < 4.78 is 48.9. The third kappa shape index (κ3) is 5.50. The highest BCUT2D eigenvalue weighted by Crippen LogP contribution is 2.30. The summed E-state index contributed by atoms with van der Waals surface area (Å²) in [6.07, 6.45) is -0.400. The van der Waals surface area contributed by atoms with E-state index < -0.39 is 22.0 Å². The Morgan fingerprint density at radius 2 is 1.81 bits per heavy atom. The Kier molecular flexibility index (Phi) is 7.94. The molecule has 0 aromatic heterocycles. The molecular formula is C22H28N2O7S. The Hall–Kier alpha value is -2.82. The zero-order chi connectivity index (χ0) is 23.1. The quantitative estimate of drug-likeness (QED) is 0.608. The molecule has 0 bridgehead atoms. The number of benzene rings is 2. The lowest BCUT2D eigenvalue weighted by molar-refractivity contribution is -0.122. The van der Waals surface area contributed by atoms with Crippen molar-refractivity contribution in [1.29, 1.82) is 0 Å². The number of methoxy groups -OCH3 is 2. The fourth-order valence-electron chi connectivity index (χ4n) is 3.26. The highest BCUT2D eigenvalue weighted by atomic mass is 32.2. The van der Waals surface area contributed by atoms with Crippen molar-refractivity contribution < 1.29 is 32.2 Å². The van der Waals surface area contributed by atoms with Gasteiger partial charge in [0.25, 0.3) is 5.91 Å². The van der Waals surface area contributed by atoms with Crippen LogP contribution in [0.15, 0.2) is 47.4 Å². The van der Waals surface area contributed by atoms with Crippen molar-refractivity contribution >= 4 is 21.6 Å². The van der Waals surface area contributed by atoms with E-state index in [0.29, 0.717) is 36.9 Å². The minimum atomic E-state index is -3.73. The van der Waals surface area contributed by atoms with E-state index in [9.17, 15) is 13.2 Å². The Balaban J connectivity index is 1.81. The third-order valence-corrected chi connectivity index (χ3v) is 6.91. The maximum Gasteiger partial charge on any atom is 0.265 e. The number of hydrogen-bond acceptors (Lipinski definition) is 7. The molecule has 2 aromatic carbocycles. The van der Waals surface area contributed by atoms with Crippen molar-refractivity contribution in [3.05, 3.63) is 42.5 Å². The molecule has 10 heteroatoms. The molecule has 1 fully saturated rings. The summed E-state index contributed by atoms with van der Waals surface area (Å²) in [5.41, 5.74) is 0.250. The second-order valence-corrected chi connectivity index (χ2v) is 9.00. The third-order valence-electron chi connectivity index (χ3n) is 5.02. The Bertz CT molecular complexity index is 1040. The maximum atomic E-state index is 13.0. The molecule has 1 aliphatic rings. The van der Waals surface area contributed by atoms with Gasteiger partial charge in [-0.2, -0.15) is 4.31 Å². The molecule has 1 atom stereocenters. The highest BCUT2D eigenvalue weighted by Gasteiger charge is 2.28. The summed E-state index contributed by atoms with van der Waals surface area (Å²) in [6.45, 7) is 3.07. The minimum absolute atomic E-state index is 0.0669. The molecule has 1 N–H and O–H groups in total. The fraction of sp³-hybridized carbons (Fsp3) is 0.409. The molecule has 1 amide bonds. The lowest BCUT2D eigenvalue weighted by Crippen LogP contribution is -2.40. The minimum Gasteiger partial charge on any atom is -0.497 e.